The van der Waals surface area contributed by atoms with Crippen molar-refractivity contribution in [2.45, 2.75) is 12.3 Å². The number of phenolic OH excluding ortho intramolecular Hbond substituents is 1. The fourth-order valence-corrected chi connectivity index (χ4v) is 3.87. The molecule has 1 aromatic heterocycles. The Morgan fingerprint density at radius 2 is 1.66 bits per heavy atom. The Labute approximate surface area is 165 Å². The first-order chi connectivity index (χ1) is 14.1. The smallest absolute Gasteiger partial charge is 0.312 e. The maximum absolute atomic E-state index is 13.2. The zero-order valence-corrected chi connectivity index (χ0v) is 15.3. The molecule has 1 aliphatic heterocycles. The van der Waals surface area contributed by atoms with Crippen molar-refractivity contribution in [2.24, 2.45) is 0 Å². The van der Waals surface area contributed by atoms with Crippen molar-refractivity contribution in [3.63, 3.8) is 0 Å². The second-order valence-electron chi connectivity index (χ2n) is 7.02. The van der Waals surface area contributed by atoms with Crippen molar-refractivity contribution in [1.29, 1.82) is 0 Å². The summed E-state index contributed by atoms with van der Waals surface area (Å²) in [6.07, 6.45) is 1.61. The lowest BCUT2D eigenvalue weighted by Gasteiger charge is -2.25. The van der Waals surface area contributed by atoms with Crippen LogP contribution in [0.5, 0.6) is 11.5 Å². The van der Waals surface area contributed by atoms with E-state index in [1.807, 2.05) is 30.3 Å². The quantitative estimate of drug-likeness (QED) is 0.404. The zero-order chi connectivity index (χ0) is 20.0. The third-order valence-corrected chi connectivity index (χ3v) is 5.26. The Kier molecular flexibility index (Phi) is 3.95. The first kappa shape index (κ1) is 17.3. The molecule has 5 heteroatoms. The van der Waals surface area contributed by atoms with Gasteiger partial charge < -0.3 is 14.3 Å². The van der Waals surface area contributed by atoms with E-state index in [1.165, 1.54) is 18.4 Å². The molecule has 142 valence electrons. The number of benzene rings is 3. The Morgan fingerprint density at radius 3 is 2.41 bits per heavy atom. The number of hydrogen-bond donors (Lipinski definition) is 1. The van der Waals surface area contributed by atoms with Gasteiger partial charge in [-0.15, -0.1) is 0 Å². The van der Waals surface area contributed by atoms with Gasteiger partial charge >= 0.3 is 5.97 Å². The normalized spacial score (nSPS) is 15.7. The van der Waals surface area contributed by atoms with E-state index in [2.05, 4.69) is 0 Å². The summed E-state index contributed by atoms with van der Waals surface area (Å²) in [5, 5.41) is 9.92. The molecule has 0 amide bonds. The maximum atomic E-state index is 13.2. The van der Waals surface area contributed by atoms with Gasteiger partial charge in [0.1, 0.15) is 23.3 Å². The monoisotopic (exact) mass is 384 g/mol. The fraction of sp³-hybridized carbons (Fsp3) is 0.0833. The summed E-state index contributed by atoms with van der Waals surface area (Å²) in [6, 6.07) is 19.3. The van der Waals surface area contributed by atoms with Gasteiger partial charge in [-0.1, -0.05) is 42.5 Å². The number of fused-ring (bicyclic) bond motifs is 3. The van der Waals surface area contributed by atoms with Crippen LogP contribution in [-0.4, -0.2) is 11.1 Å². The lowest BCUT2D eigenvalue weighted by atomic mass is 9.85. The predicted octanol–water partition coefficient (Wildman–Crippen LogP) is 4.61. The van der Waals surface area contributed by atoms with E-state index in [4.69, 9.17) is 9.15 Å². The van der Waals surface area contributed by atoms with E-state index in [9.17, 15) is 14.7 Å². The molecule has 29 heavy (non-hydrogen) atoms. The molecule has 0 saturated heterocycles. The Hall–Kier alpha value is -3.86. The van der Waals surface area contributed by atoms with Crippen molar-refractivity contribution in [1.82, 2.24) is 0 Å². The van der Waals surface area contributed by atoms with Gasteiger partial charge in [0, 0.05) is 11.5 Å². The summed E-state index contributed by atoms with van der Waals surface area (Å²) in [7, 11) is 0. The highest BCUT2D eigenvalue weighted by Crippen LogP contribution is 2.42. The van der Waals surface area contributed by atoms with Gasteiger partial charge in [-0.3, -0.25) is 9.59 Å². The number of hydrogen-bond acceptors (Lipinski definition) is 5. The minimum atomic E-state index is -0.311. The fourth-order valence-electron chi connectivity index (χ4n) is 3.87. The van der Waals surface area contributed by atoms with E-state index in [0.29, 0.717) is 33.4 Å². The van der Waals surface area contributed by atoms with Crippen LogP contribution < -0.4 is 10.2 Å². The number of ether oxygens (including phenoxy) is 1. The van der Waals surface area contributed by atoms with Gasteiger partial charge in [-0.2, -0.15) is 0 Å². The predicted molar refractivity (Wildman–Crippen MR) is 108 cm³/mol. The van der Waals surface area contributed by atoms with E-state index in [-0.39, 0.29) is 29.5 Å². The summed E-state index contributed by atoms with van der Waals surface area (Å²) in [4.78, 5) is 25.3. The standard InChI is InChI=1S/C24H16O5/c25-16-8-6-15(7-9-16)19-13-28-24-17(23(19)27)10-11-20-22(24)18(12-21(26)29-20)14-4-2-1-3-5-14/h1-11,13,18,25H,12H2. The van der Waals surface area contributed by atoms with Crippen molar-refractivity contribution in [3.05, 3.63) is 94.3 Å². The van der Waals surface area contributed by atoms with Gasteiger partial charge in [0.25, 0.3) is 0 Å². The van der Waals surface area contributed by atoms with Gasteiger partial charge in [0.15, 0.2) is 0 Å². The summed E-state index contributed by atoms with van der Waals surface area (Å²) in [6.45, 7) is 0. The number of carbonyl (C=O) groups excluding carboxylic acids is 1. The number of phenols is 1. The van der Waals surface area contributed by atoms with Crippen LogP contribution in [0, 0.1) is 0 Å². The van der Waals surface area contributed by atoms with E-state index in [1.54, 1.807) is 24.3 Å². The maximum Gasteiger partial charge on any atom is 0.312 e. The average Bonchev–Trinajstić information content (AvgIpc) is 2.74. The minimum Gasteiger partial charge on any atom is -0.508 e. The number of esters is 1. The molecule has 1 N–H and O–H groups in total. The summed E-state index contributed by atoms with van der Waals surface area (Å²) < 4.78 is 11.4. The Bertz CT molecular complexity index is 1290. The minimum absolute atomic E-state index is 0.125. The molecule has 0 radical (unpaired) electrons. The van der Waals surface area contributed by atoms with E-state index < -0.39 is 0 Å². The van der Waals surface area contributed by atoms with Crippen LogP contribution in [0.3, 0.4) is 0 Å². The van der Waals surface area contributed by atoms with Crippen LogP contribution in [0.2, 0.25) is 0 Å². The summed E-state index contributed by atoms with van der Waals surface area (Å²) in [5.74, 6) is -0.0174. The average molecular weight is 384 g/mol. The summed E-state index contributed by atoms with van der Waals surface area (Å²) >= 11 is 0. The van der Waals surface area contributed by atoms with Crippen molar-refractivity contribution in [3.8, 4) is 22.6 Å². The Balaban J connectivity index is 1.74. The van der Waals surface area contributed by atoms with Crippen LogP contribution >= 0.6 is 0 Å². The molecule has 2 heterocycles. The van der Waals surface area contributed by atoms with Gasteiger partial charge in [-0.05, 0) is 35.4 Å². The summed E-state index contributed by atoms with van der Waals surface area (Å²) in [5.41, 5.74) is 2.98. The molecule has 3 aromatic carbocycles. The molecule has 5 nitrogen and oxygen atoms in total. The van der Waals surface area contributed by atoms with Crippen LogP contribution in [0.4, 0.5) is 0 Å². The van der Waals surface area contributed by atoms with Gasteiger partial charge in [0.05, 0.1) is 17.4 Å². The second-order valence-corrected chi connectivity index (χ2v) is 7.02. The van der Waals surface area contributed by atoms with Crippen LogP contribution in [0.15, 0.2) is 82.2 Å². The van der Waals surface area contributed by atoms with E-state index in [0.717, 1.165) is 5.56 Å². The number of rotatable bonds is 2. The Morgan fingerprint density at radius 1 is 0.897 bits per heavy atom. The topological polar surface area (TPSA) is 76.7 Å². The first-order valence-electron chi connectivity index (χ1n) is 9.25. The molecule has 0 aliphatic carbocycles. The number of carbonyl (C=O) groups is 1. The molecule has 0 bridgehead atoms. The molecule has 0 fully saturated rings. The van der Waals surface area contributed by atoms with Crippen molar-refractivity contribution >= 4 is 16.9 Å². The highest BCUT2D eigenvalue weighted by molar-refractivity contribution is 5.90. The van der Waals surface area contributed by atoms with Crippen LogP contribution in [-0.2, 0) is 4.79 Å². The third-order valence-electron chi connectivity index (χ3n) is 5.26. The molecule has 4 aromatic rings. The van der Waals surface area contributed by atoms with Crippen molar-refractivity contribution in [2.75, 3.05) is 0 Å². The molecule has 0 spiro atoms. The van der Waals surface area contributed by atoms with Gasteiger partial charge in [-0.25, -0.2) is 0 Å². The highest BCUT2D eigenvalue weighted by Gasteiger charge is 2.32. The zero-order valence-electron chi connectivity index (χ0n) is 15.3. The molecule has 5 rings (SSSR count). The lowest BCUT2D eigenvalue weighted by Crippen LogP contribution is -2.22. The molecule has 1 aliphatic rings. The van der Waals surface area contributed by atoms with E-state index >= 15 is 0 Å². The highest BCUT2D eigenvalue weighted by atomic mass is 16.5. The van der Waals surface area contributed by atoms with Crippen molar-refractivity contribution < 1.29 is 19.1 Å². The largest absolute Gasteiger partial charge is 0.508 e. The third kappa shape index (κ3) is 2.88. The van der Waals surface area contributed by atoms with Crippen LogP contribution in [0.25, 0.3) is 22.1 Å². The lowest BCUT2D eigenvalue weighted by molar-refractivity contribution is -0.135. The SMILES string of the molecule is O=C1CC(c2ccccc2)c2c(ccc3c(=O)c(-c4ccc(O)cc4)coc23)O1. The molecule has 1 unspecified atom stereocenters. The molecule has 1 atom stereocenters. The molecule has 0 saturated carbocycles. The first-order valence-corrected chi connectivity index (χ1v) is 9.25. The molecular formula is C24H16O5. The van der Waals surface area contributed by atoms with Crippen LogP contribution in [0.1, 0.15) is 23.5 Å². The second kappa shape index (κ2) is 6.63. The molecular weight excluding hydrogens is 368 g/mol. The number of aromatic hydroxyl groups is 1. The van der Waals surface area contributed by atoms with Gasteiger partial charge in [0.2, 0.25) is 5.43 Å².